The maximum absolute atomic E-state index is 6.50. The van der Waals surface area contributed by atoms with Gasteiger partial charge in [-0.2, -0.15) is 0 Å². The Labute approximate surface area is 234 Å². The zero-order chi connectivity index (χ0) is 26.2. The normalized spacial score (nSPS) is 12.7. The number of ether oxygens (including phenoxy) is 1. The minimum Gasteiger partial charge on any atom is -0.455 e. The van der Waals surface area contributed by atoms with Gasteiger partial charge < -0.3 is 14.1 Å². The summed E-state index contributed by atoms with van der Waals surface area (Å²) in [6, 6.07) is 44.6. The molecule has 40 heavy (non-hydrogen) atoms. The lowest BCUT2D eigenvalue weighted by Crippen LogP contribution is -2.15. The first-order valence-corrected chi connectivity index (χ1v) is 14.2. The fraction of sp³-hybridized carbons (Fsp3) is 0. The molecule has 0 radical (unpaired) electrons. The summed E-state index contributed by atoms with van der Waals surface area (Å²) < 4.78 is 15.3. The van der Waals surface area contributed by atoms with Crippen molar-refractivity contribution in [3.8, 4) is 22.6 Å². The highest BCUT2D eigenvalue weighted by atomic mass is 32.1. The molecule has 0 atom stereocenters. The lowest BCUT2D eigenvalue weighted by Gasteiger charge is -2.33. The summed E-state index contributed by atoms with van der Waals surface area (Å²) in [5, 5.41) is 4.75. The van der Waals surface area contributed by atoms with Crippen molar-refractivity contribution >= 4 is 70.5 Å². The smallest absolute Gasteiger partial charge is 0.151 e. The third kappa shape index (κ3) is 3.05. The number of furan rings is 1. The van der Waals surface area contributed by atoms with E-state index in [9.17, 15) is 0 Å². The summed E-state index contributed by atoms with van der Waals surface area (Å²) in [5.41, 5.74) is 7.40. The molecule has 3 heterocycles. The van der Waals surface area contributed by atoms with Gasteiger partial charge in [-0.3, -0.25) is 0 Å². The van der Waals surface area contributed by atoms with E-state index in [1.165, 1.54) is 25.7 Å². The van der Waals surface area contributed by atoms with Crippen molar-refractivity contribution in [3.63, 3.8) is 0 Å². The van der Waals surface area contributed by atoms with E-state index in [1.54, 1.807) is 0 Å². The van der Waals surface area contributed by atoms with Crippen LogP contribution in [0.5, 0.6) is 11.5 Å². The molecule has 1 aliphatic heterocycles. The quantitative estimate of drug-likeness (QED) is 0.222. The molecule has 3 nitrogen and oxygen atoms in total. The highest BCUT2D eigenvalue weighted by Crippen LogP contribution is 2.51. The molecule has 0 fully saturated rings. The third-order valence-corrected chi connectivity index (χ3v) is 8.97. The van der Waals surface area contributed by atoms with Gasteiger partial charge in [0, 0.05) is 36.6 Å². The number of fused-ring (bicyclic) bond motifs is 9. The van der Waals surface area contributed by atoms with Gasteiger partial charge in [0.25, 0.3) is 0 Å². The number of benzene rings is 6. The van der Waals surface area contributed by atoms with Crippen molar-refractivity contribution < 1.29 is 9.15 Å². The fourth-order valence-corrected chi connectivity index (χ4v) is 7.25. The van der Waals surface area contributed by atoms with Crippen LogP contribution in [0.2, 0.25) is 0 Å². The molecule has 0 saturated heterocycles. The molecule has 0 unspecified atom stereocenters. The predicted molar refractivity (Wildman–Crippen MR) is 167 cm³/mol. The minimum atomic E-state index is 0.852. The molecule has 2 aromatic heterocycles. The van der Waals surface area contributed by atoms with Gasteiger partial charge in [-0.25, -0.2) is 0 Å². The second-order valence-corrected chi connectivity index (χ2v) is 11.2. The monoisotopic (exact) mass is 531 g/mol. The number of thiophene rings is 1. The van der Waals surface area contributed by atoms with Crippen molar-refractivity contribution in [2.24, 2.45) is 0 Å². The zero-order valence-corrected chi connectivity index (χ0v) is 22.1. The van der Waals surface area contributed by atoms with Crippen LogP contribution in [0.1, 0.15) is 0 Å². The molecule has 0 spiro atoms. The number of para-hydroxylation sites is 5. The standard InChI is InChI=1S/C36H21NO2S/c1-4-15-29-25(11-1)26-19-20-33-35(36(26)39-29)34-24(12-8-18-32(34)40-33)22-9-7-10-23(21-22)37-27-13-2-5-16-30(27)38-31-17-6-3-14-28(31)37/h1-21H. The summed E-state index contributed by atoms with van der Waals surface area (Å²) in [4.78, 5) is 2.29. The Hall–Kier alpha value is -5.06. The first-order chi connectivity index (χ1) is 19.8. The second-order valence-electron chi connectivity index (χ2n) is 10.1. The Bertz CT molecular complexity index is 2230. The number of hydrogen-bond acceptors (Lipinski definition) is 4. The Kier molecular flexibility index (Phi) is 4.48. The highest BCUT2D eigenvalue weighted by Gasteiger charge is 2.26. The van der Waals surface area contributed by atoms with Crippen molar-refractivity contribution in [1.29, 1.82) is 0 Å². The summed E-state index contributed by atoms with van der Waals surface area (Å²) >= 11 is 1.82. The van der Waals surface area contributed by atoms with Crippen molar-refractivity contribution in [3.05, 3.63) is 127 Å². The molecule has 0 amide bonds. The third-order valence-electron chi connectivity index (χ3n) is 7.85. The maximum atomic E-state index is 6.50. The van der Waals surface area contributed by atoms with Crippen LogP contribution in [-0.2, 0) is 0 Å². The molecular weight excluding hydrogens is 510 g/mol. The van der Waals surface area contributed by atoms with Gasteiger partial charge in [0.15, 0.2) is 11.5 Å². The van der Waals surface area contributed by atoms with Crippen LogP contribution in [0.4, 0.5) is 17.1 Å². The molecule has 0 saturated carbocycles. The van der Waals surface area contributed by atoms with Crippen molar-refractivity contribution in [2.75, 3.05) is 4.90 Å². The largest absolute Gasteiger partial charge is 0.455 e. The molecule has 0 bridgehead atoms. The van der Waals surface area contributed by atoms with Crippen LogP contribution in [0.25, 0.3) is 53.2 Å². The van der Waals surface area contributed by atoms with E-state index in [2.05, 4.69) is 102 Å². The van der Waals surface area contributed by atoms with Gasteiger partial charge in [-0.1, -0.05) is 66.7 Å². The molecule has 0 aliphatic carbocycles. The average Bonchev–Trinajstić information content (AvgIpc) is 3.58. The lowest BCUT2D eigenvalue weighted by molar-refractivity contribution is 0.477. The van der Waals surface area contributed by atoms with Crippen LogP contribution in [0.3, 0.4) is 0 Å². The van der Waals surface area contributed by atoms with Gasteiger partial charge in [0.1, 0.15) is 11.2 Å². The molecule has 188 valence electrons. The van der Waals surface area contributed by atoms with Gasteiger partial charge in [0.05, 0.1) is 11.4 Å². The maximum Gasteiger partial charge on any atom is 0.151 e. The van der Waals surface area contributed by atoms with E-state index < -0.39 is 0 Å². The van der Waals surface area contributed by atoms with Crippen LogP contribution in [0.15, 0.2) is 132 Å². The van der Waals surface area contributed by atoms with Gasteiger partial charge >= 0.3 is 0 Å². The Morgan fingerprint density at radius 1 is 0.550 bits per heavy atom. The first-order valence-electron chi connectivity index (χ1n) is 13.4. The van der Waals surface area contributed by atoms with E-state index >= 15 is 0 Å². The average molecular weight is 532 g/mol. The molecule has 1 aliphatic rings. The van der Waals surface area contributed by atoms with Gasteiger partial charge in [-0.05, 0) is 71.8 Å². The van der Waals surface area contributed by atoms with Crippen LogP contribution in [-0.4, -0.2) is 0 Å². The number of hydrogen-bond donors (Lipinski definition) is 0. The fourth-order valence-electron chi connectivity index (χ4n) is 6.12. The van der Waals surface area contributed by atoms with E-state index in [0.29, 0.717) is 0 Å². The van der Waals surface area contributed by atoms with Crippen LogP contribution >= 0.6 is 11.3 Å². The topological polar surface area (TPSA) is 25.6 Å². The number of rotatable bonds is 2. The Morgan fingerprint density at radius 2 is 1.27 bits per heavy atom. The van der Waals surface area contributed by atoms with Crippen molar-refractivity contribution in [2.45, 2.75) is 0 Å². The summed E-state index contributed by atoms with van der Waals surface area (Å²) in [6.07, 6.45) is 0. The molecule has 6 aromatic carbocycles. The van der Waals surface area contributed by atoms with E-state index in [0.717, 1.165) is 56.1 Å². The van der Waals surface area contributed by atoms with E-state index in [1.807, 2.05) is 41.7 Å². The van der Waals surface area contributed by atoms with Gasteiger partial charge in [-0.15, -0.1) is 11.3 Å². The SMILES string of the molecule is c1cc(-c2cccc3sc4ccc5c6ccccc6oc5c4c23)cc(N2c3ccccc3Oc3ccccc32)c1. The van der Waals surface area contributed by atoms with Gasteiger partial charge in [0.2, 0.25) is 0 Å². The van der Waals surface area contributed by atoms with E-state index in [4.69, 9.17) is 9.15 Å². The van der Waals surface area contributed by atoms with Crippen LogP contribution < -0.4 is 9.64 Å². The van der Waals surface area contributed by atoms with Crippen molar-refractivity contribution in [1.82, 2.24) is 0 Å². The summed E-state index contributed by atoms with van der Waals surface area (Å²) in [7, 11) is 0. The molecular formula is C36H21NO2S. The number of nitrogens with zero attached hydrogens (tertiary/aromatic N) is 1. The van der Waals surface area contributed by atoms with Crippen LogP contribution in [0, 0.1) is 0 Å². The summed E-state index contributed by atoms with van der Waals surface area (Å²) in [6.45, 7) is 0. The predicted octanol–water partition coefficient (Wildman–Crippen LogP) is 11.2. The molecule has 9 rings (SSSR count). The molecule has 8 aromatic rings. The molecule has 4 heteroatoms. The highest BCUT2D eigenvalue weighted by molar-refractivity contribution is 7.26. The molecule has 0 N–H and O–H groups in total. The van der Waals surface area contributed by atoms with E-state index in [-0.39, 0.29) is 0 Å². The lowest BCUT2D eigenvalue weighted by atomic mass is 9.97. The zero-order valence-electron chi connectivity index (χ0n) is 21.3. The first kappa shape index (κ1) is 21.8. The Balaban J connectivity index is 1.30. The Morgan fingerprint density at radius 3 is 2.12 bits per heavy atom. The second kappa shape index (κ2) is 8.22. The minimum absolute atomic E-state index is 0.852. The summed E-state index contributed by atoms with van der Waals surface area (Å²) in [5.74, 6) is 1.70. The number of anilines is 3.